The van der Waals surface area contributed by atoms with Gasteiger partial charge in [0.25, 0.3) is 5.56 Å². The van der Waals surface area contributed by atoms with Crippen molar-refractivity contribution < 1.29 is 10.2 Å². The van der Waals surface area contributed by atoms with Gasteiger partial charge in [-0.1, -0.05) is 26.0 Å². The van der Waals surface area contributed by atoms with E-state index in [-0.39, 0.29) is 17.1 Å². The first-order chi connectivity index (χ1) is 13.7. The van der Waals surface area contributed by atoms with E-state index in [2.05, 4.69) is 22.6 Å². The van der Waals surface area contributed by atoms with Gasteiger partial charge in [0.1, 0.15) is 11.9 Å². The number of hydrogen-bond acceptors (Lipinski definition) is 5. The Morgan fingerprint density at radius 2 is 1.90 bits per heavy atom. The van der Waals surface area contributed by atoms with Gasteiger partial charge in [-0.2, -0.15) is 0 Å². The number of benzene rings is 1. The molecular formula is C21H24IN3O4. The highest BCUT2D eigenvalue weighted by Gasteiger charge is 2.21. The number of pyridine rings is 1. The van der Waals surface area contributed by atoms with E-state index in [1.165, 1.54) is 20.1 Å². The molecule has 0 aliphatic carbocycles. The molecule has 7 nitrogen and oxygen atoms in total. The summed E-state index contributed by atoms with van der Waals surface area (Å²) in [6, 6.07) is 7.76. The Bertz CT molecular complexity index is 1150. The molecule has 1 aromatic carbocycles. The monoisotopic (exact) mass is 509 g/mol. The third kappa shape index (κ3) is 4.48. The number of nitrogens with zero attached hydrogens (tertiary/aromatic N) is 3. The van der Waals surface area contributed by atoms with E-state index >= 15 is 0 Å². The number of aliphatic hydroxyl groups is 1. The second-order valence-electron chi connectivity index (χ2n) is 7.49. The Labute approximate surface area is 182 Å². The van der Waals surface area contributed by atoms with E-state index in [1.807, 2.05) is 38.1 Å². The van der Waals surface area contributed by atoms with Crippen LogP contribution in [0.25, 0.3) is 5.52 Å². The van der Waals surface area contributed by atoms with E-state index in [1.54, 1.807) is 19.3 Å². The van der Waals surface area contributed by atoms with Gasteiger partial charge in [-0.05, 0) is 53.1 Å². The summed E-state index contributed by atoms with van der Waals surface area (Å²) in [4.78, 5) is 27.3. The Kier molecular flexibility index (Phi) is 6.33. The van der Waals surface area contributed by atoms with Crippen LogP contribution in [0.1, 0.15) is 26.3 Å². The Balaban J connectivity index is 2.13. The molecule has 0 spiro atoms. The number of aromatic hydroxyl groups is 1. The molecule has 3 aromatic rings. The third-order valence-electron chi connectivity index (χ3n) is 4.63. The van der Waals surface area contributed by atoms with Crippen LogP contribution in [0.3, 0.4) is 0 Å². The molecular weight excluding hydrogens is 485 g/mol. The molecule has 0 saturated carbocycles. The predicted molar refractivity (Wildman–Crippen MR) is 122 cm³/mol. The third-order valence-corrected chi connectivity index (χ3v) is 5.30. The van der Waals surface area contributed by atoms with Gasteiger partial charge in [0, 0.05) is 28.7 Å². The largest absolute Gasteiger partial charge is 0.502 e. The van der Waals surface area contributed by atoms with Crippen LogP contribution >= 0.6 is 22.6 Å². The predicted octanol–water partition coefficient (Wildman–Crippen LogP) is 2.62. The summed E-state index contributed by atoms with van der Waals surface area (Å²) in [7, 11) is 0. The lowest BCUT2D eigenvalue weighted by Gasteiger charge is -2.29. The fourth-order valence-electron chi connectivity index (χ4n) is 3.30. The minimum atomic E-state index is -0.913. The maximum atomic E-state index is 13.0. The smallest absolute Gasteiger partial charge is 0.279 e. The molecule has 0 radical (unpaired) electrons. The van der Waals surface area contributed by atoms with E-state index < -0.39 is 23.0 Å². The van der Waals surface area contributed by atoms with Gasteiger partial charge in [0.15, 0.2) is 11.3 Å². The fraction of sp³-hybridized carbons (Fsp3) is 0.333. The summed E-state index contributed by atoms with van der Waals surface area (Å²) >= 11 is 2.21. The first-order valence-corrected chi connectivity index (χ1v) is 10.4. The second-order valence-corrected chi connectivity index (χ2v) is 8.73. The lowest BCUT2D eigenvalue weighted by molar-refractivity contribution is 0.184. The van der Waals surface area contributed by atoms with Crippen LogP contribution in [-0.2, 0) is 6.54 Å². The Morgan fingerprint density at radius 3 is 2.52 bits per heavy atom. The first-order valence-electron chi connectivity index (χ1n) is 9.35. The molecule has 0 fully saturated rings. The van der Waals surface area contributed by atoms with E-state index in [4.69, 9.17) is 0 Å². The maximum absolute atomic E-state index is 13.0. The van der Waals surface area contributed by atoms with Crippen molar-refractivity contribution in [2.75, 3.05) is 11.4 Å². The molecule has 29 heavy (non-hydrogen) atoms. The van der Waals surface area contributed by atoms with Crippen molar-refractivity contribution in [1.29, 1.82) is 0 Å². The van der Waals surface area contributed by atoms with Gasteiger partial charge < -0.3 is 24.1 Å². The number of halogens is 1. The van der Waals surface area contributed by atoms with Crippen LogP contribution in [0.15, 0.2) is 52.4 Å². The molecule has 3 rings (SSSR count). The van der Waals surface area contributed by atoms with Crippen molar-refractivity contribution in [2.24, 2.45) is 5.92 Å². The number of aromatic nitrogens is 2. The summed E-state index contributed by atoms with van der Waals surface area (Å²) in [5.74, 6) is -0.424. The standard InChI is InChI=1S/C21H24IN3O4/c1-13(2)10-25(14(3)26)17-12-23-7-8-24(11-15-5-4-6-16(22)9-15)21(29)18(23)20(28)19(17)27/h4-9,12-14,26,28H,10-11H2,1-3H3. The number of fused-ring (bicyclic) bond motifs is 1. The molecule has 0 saturated heterocycles. The van der Waals surface area contributed by atoms with Crippen molar-refractivity contribution >= 4 is 33.8 Å². The first kappa shape index (κ1) is 21.4. The van der Waals surface area contributed by atoms with Crippen LogP contribution < -0.4 is 15.9 Å². The topological polar surface area (TPSA) is 87.2 Å². The van der Waals surface area contributed by atoms with Crippen LogP contribution in [0.2, 0.25) is 0 Å². The lowest BCUT2D eigenvalue weighted by Crippen LogP contribution is -2.39. The number of hydrogen-bond donors (Lipinski definition) is 2. The summed E-state index contributed by atoms with van der Waals surface area (Å²) in [6.45, 7) is 6.26. The van der Waals surface area contributed by atoms with Gasteiger partial charge in [0.2, 0.25) is 5.43 Å². The average Bonchev–Trinajstić information content (AvgIpc) is 2.64. The fourth-order valence-corrected chi connectivity index (χ4v) is 3.91. The summed E-state index contributed by atoms with van der Waals surface area (Å²) in [5.41, 5.74) is -0.116. The van der Waals surface area contributed by atoms with Crippen LogP contribution in [0.5, 0.6) is 5.75 Å². The summed E-state index contributed by atoms with van der Waals surface area (Å²) in [6.07, 6.45) is 3.83. The molecule has 1 unspecified atom stereocenters. The second kappa shape index (κ2) is 8.58. The summed E-state index contributed by atoms with van der Waals surface area (Å²) in [5, 5.41) is 20.7. The van der Waals surface area contributed by atoms with Gasteiger partial charge in [-0.15, -0.1) is 0 Å². The normalized spacial score (nSPS) is 12.5. The van der Waals surface area contributed by atoms with Crippen molar-refractivity contribution in [2.45, 2.75) is 33.5 Å². The Morgan fingerprint density at radius 1 is 1.17 bits per heavy atom. The van der Waals surface area contributed by atoms with Crippen LogP contribution in [-0.4, -0.2) is 32.0 Å². The van der Waals surface area contributed by atoms with E-state index in [9.17, 15) is 19.8 Å². The molecule has 0 bridgehead atoms. The van der Waals surface area contributed by atoms with Crippen molar-refractivity contribution in [1.82, 2.24) is 8.97 Å². The van der Waals surface area contributed by atoms with Gasteiger partial charge in [-0.25, -0.2) is 0 Å². The zero-order valence-electron chi connectivity index (χ0n) is 16.5. The summed E-state index contributed by atoms with van der Waals surface area (Å²) < 4.78 is 3.95. The molecule has 0 amide bonds. The quantitative estimate of drug-likeness (QED) is 0.394. The lowest BCUT2D eigenvalue weighted by atomic mass is 10.2. The molecule has 2 N–H and O–H groups in total. The van der Waals surface area contributed by atoms with Gasteiger partial charge >= 0.3 is 0 Å². The zero-order valence-corrected chi connectivity index (χ0v) is 18.7. The highest BCUT2D eigenvalue weighted by atomic mass is 127. The minimum absolute atomic E-state index is 0.0815. The molecule has 2 aromatic heterocycles. The highest BCUT2D eigenvalue weighted by Crippen LogP contribution is 2.20. The zero-order chi connectivity index (χ0) is 21.3. The number of aliphatic hydroxyl groups excluding tert-OH is 1. The molecule has 2 heterocycles. The molecule has 154 valence electrons. The molecule has 1 atom stereocenters. The van der Waals surface area contributed by atoms with E-state index in [0.29, 0.717) is 13.1 Å². The van der Waals surface area contributed by atoms with Crippen molar-refractivity contribution in [3.63, 3.8) is 0 Å². The molecule has 8 heteroatoms. The van der Waals surface area contributed by atoms with Gasteiger partial charge in [-0.3, -0.25) is 9.59 Å². The van der Waals surface area contributed by atoms with Crippen molar-refractivity contribution in [3.8, 4) is 5.75 Å². The maximum Gasteiger partial charge on any atom is 0.279 e. The van der Waals surface area contributed by atoms with Gasteiger partial charge in [0.05, 0.1) is 6.54 Å². The number of rotatable bonds is 6. The van der Waals surface area contributed by atoms with Crippen molar-refractivity contribution in [3.05, 3.63) is 72.6 Å². The molecule has 0 aliphatic heterocycles. The van der Waals surface area contributed by atoms with E-state index in [0.717, 1.165) is 9.13 Å². The SMILES string of the molecule is CC(C)CN(c1cn2ccn(Cc3cccc(I)c3)c(=O)c2c(O)c1=O)C(C)O. The molecule has 0 aliphatic rings. The van der Waals surface area contributed by atoms with Crippen LogP contribution in [0.4, 0.5) is 5.69 Å². The van der Waals surface area contributed by atoms with Crippen LogP contribution in [0, 0.1) is 9.49 Å². The minimum Gasteiger partial charge on any atom is -0.502 e. The Hall–Kier alpha value is -2.33. The number of anilines is 1. The average molecular weight is 509 g/mol. The highest BCUT2D eigenvalue weighted by molar-refractivity contribution is 14.1.